The lowest BCUT2D eigenvalue weighted by Crippen LogP contribution is -2.10. The molecule has 3 nitrogen and oxygen atoms in total. The molecule has 1 saturated carbocycles. The molecule has 2 atom stereocenters. The van der Waals surface area contributed by atoms with Gasteiger partial charge in [-0.1, -0.05) is 96.4 Å². The fourth-order valence-corrected chi connectivity index (χ4v) is 7.12. The first-order chi connectivity index (χ1) is 19.4. The molecule has 3 aromatic carbocycles. The third-order valence-corrected chi connectivity index (χ3v) is 8.98. The molecule has 1 heterocycles. The van der Waals surface area contributed by atoms with Crippen LogP contribution < -0.4 is 0 Å². The predicted molar refractivity (Wildman–Crippen MR) is 169 cm³/mol. The quantitative estimate of drug-likeness (QED) is 0.153. The summed E-state index contributed by atoms with van der Waals surface area (Å²) in [6.45, 7) is 6.10. The van der Waals surface area contributed by atoms with Crippen molar-refractivity contribution in [1.82, 2.24) is 4.57 Å². The summed E-state index contributed by atoms with van der Waals surface area (Å²) in [6.07, 6.45) is 11.5. The summed E-state index contributed by atoms with van der Waals surface area (Å²) in [6, 6.07) is 23.3. The number of hydrogen-bond donors (Lipinski definition) is 0. The molecule has 0 N–H and O–H groups in total. The van der Waals surface area contributed by atoms with Crippen molar-refractivity contribution in [3.8, 4) is 22.3 Å². The Labute approximate surface area is 246 Å². The van der Waals surface area contributed by atoms with E-state index in [-0.39, 0.29) is 11.6 Å². The van der Waals surface area contributed by atoms with E-state index < -0.39 is 0 Å². The Hall–Kier alpha value is -3.24. The summed E-state index contributed by atoms with van der Waals surface area (Å²) in [5.74, 6) is 1.77. The molecule has 0 bridgehead atoms. The number of carbonyl (C=O) groups excluding carboxylic acids is 2. The zero-order valence-electron chi connectivity index (χ0n) is 23.4. The fraction of sp³-hybridized carbons (Fsp3) is 0.333. The van der Waals surface area contributed by atoms with Crippen LogP contribution in [0.15, 0.2) is 90.1 Å². The number of nitrogens with zero attached hydrogens (tertiary/aromatic N) is 1. The maximum atomic E-state index is 13.2. The van der Waals surface area contributed by atoms with Crippen LogP contribution in [0.2, 0.25) is 0 Å². The molecule has 0 aliphatic heterocycles. The number of Topliss-reactive ketones (excluding diaryl/α,β-unsaturated/α-hetero) is 1. The Morgan fingerprint density at radius 3 is 2.38 bits per heavy atom. The summed E-state index contributed by atoms with van der Waals surface area (Å²) in [5, 5.41) is 1.16. The Bertz CT molecular complexity index is 1520. The number of halogens is 1. The van der Waals surface area contributed by atoms with Gasteiger partial charge in [0.15, 0.2) is 11.6 Å². The first kappa shape index (κ1) is 28.3. The Morgan fingerprint density at radius 1 is 0.925 bits per heavy atom. The normalized spacial score (nSPS) is 16.9. The zero-order valence-corrected chi connectivity index (χ0v) is 25.0. The summed E-state index contributed by atoms with van der Waals surface area (Å²) in [4.78, 5) is 24.8. The van der Waals surface area contributed by atoms with Crippen LogP contribution in [0, 0.1) is 18.8 Å². The SMILES string of the molecule is C=CC(=O)CCC1CCC(CCCC(=O)Cn2cc(-c3ccccc3-c3ccccc3)c3cc(Br)cc(C)c32)C1. The highest BCUT2D eigenvalue weighted by Gasteiger charge is 2.25. The number of fused-ring (bicyclic) bond motifs is 1. The van der Waals surface area contributed by atoms with Gasteiger partial charge < -0.3 is 4.57 Å². The Morgan fingerprint density at radius 2 is 1.62 bits per heavy atom. The van der Waals surface area contributed by atoms with Crippen LogP contribution in [0.5, 0.6) is 0 Å². The van der Waals surface area contributed by atoms with E-state index in [1.807, 2.05) is 6.07 Å². The molecule has 0 spiro atoms. The van der Waals surface area contributed by atoms with E-state index in [1.54, 1.807) is 0 Å². The van der Waals surface area contributed by atoms with Crippen molar-refractivity contribution in [2.45, 2.75) is 64.8 Å². The standard InChI is InChI=1S/C36H38BrNO2/c1-3-30(39)19-18-27-17-16-26(21-27)10-9-13-31(40)23-38-24-35(34-22-29(37)20-25(2)36(34)38)33-15-8-7-14-32(33)28-11-5-4-6-12-28/h3-8,11-12,14-15,20,22,24,26-27H,1,9-10,13,16-19,21,23H2,2H3. The van der Waals surface area contributed by atoms with Gasteiger partial charge in [-0.15, -0.1) is 0 Å². The highest BCUT2D eigenvalue weighted by molar-refractivity contribution is 9.10. The average molecular weight is 597 g/mol. The van der Waals surface area contributed by atoms with Crippen LogP contribution in [0.4, 0.5) is 0 Å². The van der Waals surface area contributed by atoms with E-state index >= 15 is 0 Å². The van der Waals surface area contributed by atoms with E-state index in [2.05, 4.69) is 101 Å². The van der Waals surface area contributed by atoms with Crippen molar-refractivity contribution in [3.05, 3.63) is 95.6 Å². The van der Waals surface area contributed by atoms with Gasteiger partial charge in [0.2, 0.25) is 0 Å². The lowest BCUT2D eigenvalue weighted by molar-refractivity contribution is -0.119. The summed E-state index contributed by atoms with van der Waals surface area (Å²) in [7, 11) is 0. The highest BCUT2D eigenvalue weighted by Crippen LogP contribution is 2.40. The molecule has 4 heteroatoms. The monoisotopic (exact) mass is 595 g/mol. The van der Waals surface area contributed by atoms with Gasteiger partial charge in [-0.2, -0.15) is 0 Å². The Balaban J connectivity index is 1.30. The highest BCUT2D eigenvalue weighted by atomic mass is 79.9. The molecule has 0 amide bonds. The van der Waals surface area contributed by atoms with Crippen LogP contribution in [-0.4, -0.2) is 16.1 Å². The van der Waals surface area contributed by atoms with E-state index in [0.29, 0.717) is 31.2 Å². The maximum Gasteiger partial charge on any atom is 0.155 e. The number of aromatic nitrogens is 1. The van der Waals surface area contributed by atoms with Crippen LogP contribution >= 0.6 is 15.9 Å². The minimum Gasteiger partial charge on any atom is -0.339 e. The molecular weight excluding hydrogens is 558 g/mol. The molecule has 1 fully saturated rings. The molecule has 4 aromatic rings. The van der Waals surface area contributed by atoms with Crippen LogP contribution in [-0.2, 0) is 16.1 Å². The molecule has 0 radical (unpaired) electrons. The number of benzene rings is 3. The van der Waals surface area contributed by atoms with Crippen molar-refractivity contribution < 1.29 is 9.59 Å². The first-order valence-electron chi connectivity index (χ1n) is 14.5. The van der Waals surface area contributed by atoms with Crippen molar-refractivity contribution in [3.63, 3.8) is 0 Å². The van der Waals surface area contributed by atoms with Crippen molar-refractivity contribution >= 4 is 38.4 Å². The number of rotatable bonds is 12. The summed E-state index contributed by atoms with van der Waals surface area (Å²) < 4.78 is 3.21. The first-order valence-corrected chi connectivity index (χ1v) is 15.3. The molecule has 5 rings (SSSR count). The number of carbonyl (C=O) groups is 2. The summed E-state index contributed by atoms with van der Waals surface area (Å²) in [5.41, 5.74) is 6.99. The zero-order chi connectivity index (χ0) is 28.1. The van der Waals surface area contributed by atoms with Gasteiger partial charge in [-0.05, 0) is 78.5 Å². The molecule has 40 heavy (non-hydrogen) atoms. The molecule has 0 saturated heterocycles. The van der Waals surface area contributed by atoms with Crippen molar-refractivity contribution in [2.75, 3.05) is 0 Å². The van der Waals surface area contributed by atoms with Crippen molar-refractivity contribution in [1.29, 1.82) is 0 Å². The maximum absolute atomic E-state index is 13.2. The van der Waals surface area contributed by atoms with Gasteiger partial charge in [0.25, 0.3) is 0 Å². The lowest BCUT2D eigenvalue weighted by Gasteiger charge is -2.11. The number of ketones is 2. The van der Waals surface area contributed by atoms with Crippen LogP contribution in [0.25, 0.3) is 33.2 Å². The van der Waals surface area contributed by atoms with Crippen LogP contribution in [0.3, 0.4) is 0 Å². The number of hydrogen-bond acceptors (Lipinski definition) is 2. The molecule has 2 unspecified atom stereocenters. The third-order valence-electron chi connectivity index (χ3n) is 8.52. The number of allylic oxidation sites excluding steroid dienone is 1. The minimum atomic E-state index is 0.154. The smallest absolute Gasteiger partial charge is 0.155 e. The minimum absolute atomic E-state index is 0.154. The summed E-state index contributed by atoms with van der Waals surface area (Å²) >= 11 is 3.71. The van der Waals surface area contributed by atoms with E-state index in [4.69, 9.17) is 0 Å². The second kappa shape index (κ2) is 13.0. The molecule has 1 aliphatic carbocycles. The van der Waals surface area contributed by atoms with Crippen LogP contribution in [0.1, 0.15) is 56.9 Å². The van der Waals surface area contributed by atoms with Gasteiger partial charge in [0.1, 0.15) is 0 Å². The van der Waals surface area contributed by atoms with Gasteiger partial charge >= 0.3 is 0 Å². The van der Waals surface area contributed by atoms with Gasteiger partial charge in [-0.25, -0.2) is 0 Å². The third kappa shape index (κ3) is 6.55. The Kier molecular flexibility index (Phi) is 9.16. The molecule has 1 aromatic heterocycles. The second-order valence-electron chi connectivity index (χ2n) is 11.4. The average Bonchev–Trinajstić information content (AvgIpc) is 3.56. The molecule has 1 aliphatic rings. The van der Waals surface area contributed by atoms with E-state index in [1.165, 1.54) is 42.0 Å². The van der Waals surface area contributed by atoms with Gasteiger partial charge in [0.05, 0.1) is 12.1 Å². The second-order valence-corrected chi connectivity index (χ2v) is 12.3. The van der Waals surface area contributed by atoms with E-state index in [0.717, 1.165) is 45.8 Å². The topological polar surface area (TPSA) is 39.1 Å². The van der Waals surface area contributed by atoms with E-state index in [9.17, 15) is 9.59 Å². The largest absolute Gasteiger partial charge is 0.339 e. The molecule has 206 valence electrons. The van der Waals surface area contributed by atoms with Gasteiger partial charge in [0, 0.05) is 34.5 Å². The lowest BCUT2D eigenvalue weighted by atomic mass is 9.94. The number of aryl methyl sites for hydroxylation is 1. The molecular formula is C36H38BrNO2. The predicted octanol–water partition coefficient (Wildman–Crippen LogP) is 9.74. The van der Waals surface area contributed by atoms with Gasteiger partial charge in [-0.3, -0.25) is 9.59 Å². The fourth-order valence-electron chi connectivity index (χ4n) is 6.55. The van der Waals surface area contributed by atoms with Crippen molar-refractivity contribution in [2.24, 2.45) is 11.8 Å².